The van der Waals surface area contributed by atoms with Gasteiger partial charge in [-0.25, -0.2) is 4.79 Å². The molecule has 3 aromatic carbocycles. The third-order valence-electron chi connectivity index (χ3n) is 3.70. The molecule has 0 saturated carbocycles. The van der Waals surface area contributed by atoms with Crippen molar-refractivity contribution in [1.29, 1.82) is 5.26 Å². The summed E-state index contributed by atoms with van der Waals surface area (Å²) in [4.78, 5) is 12.0. The average Bonchev–Trinajstić information content (AvgIpc) is 2.69. The van der Waals surface area contributed by atoms with E-state index in [9.17, 15) is 4.79 Å². The van der Waals surface area contributed by atoms with Gasteiger partial charge in [-0.2, -0.15) is 5.26 Å². The van der Waals surface area contributed by atoms with E-state index in [4.69, 9.17) is 21.6 Å². The van der Waals surface area contributed by atoms with Crippen LogP contribution in [0.25, 0.3) is 0 Å². The summed E-state index contributed by atoms with van der Waals surface area (Å²) < 4.78 is 5.71. The van der Waals surface area contributed by atoms with Gasteiger partial charge in [0.15, 0.2) is 0 Å². The van der Waals surface area contributed by atoms with Crippen molar-refractivity contribution in [2.45, 2.75) is 6.61 Å². The molecule has 5 nitrogen and oxygen atoms in total. The third kappa shape index (κ3) is 5.50. The summed E-state index contributed by atoms with van der Waals surface area (Å²) in [6, 6.07) is 22.8. The molecule has 0 spiro atoms. The van der Waals surface area contributed by atoms with Crippen molar-refractivity contribution in [2.24, 2.45) is 0 Å². The quantitative estimate of drug-likeness (QED) is 0.622. The predicted molar refractivity (Wildman–Crippen MR) is 106 cm³/mol. The van der Waals surface area contributed by atoms with E-state index in [0.717, 1.165) is 5.56 Å². The molecule has 0 aliphatic rings. The summed E-state index contributed by atoms with van der Waals surface area (Å²) in [6.07, 6.45) is 0. The SMILES string of the molecule is N#Cc1ccc(NC(=O)Nc2ccc(OCc3ccc(Cl)cc3)cc2)cc1. The summed E-state index contributed by atoms with van der Waals surface area (Å²) in [5.74, 6) is 0.697. The maximum atomic E-state index is 12.0. The second kappa shape index (κ2) is 8.75. The van der Waals surface area contributed by atoms with Crippen molar-refractivity contribution in [2.75, 3.05) is 10.6 Å². The number of hydrogen-bond acceptors (Lipinski definition) is 3. The predicted octanol–water partition coefficient (Wildman–Crippen LogP) is 5.43. The fourth-order valence-electron chi connectivity index (χ4n) is 2.30. The fraction of sp³-hybridized carbons (Fsp3) is 0.0476. The van der Waals surface area contributed by atoms with E-state index in [1.807, 2.05) is 30.3 Å². The molecule has 3 rings (SSSR count). The maximum Gasteiger partial charge on any atom is 0.323 e. The molecule has 0 saturated heterocycles. The van der Waals surface area contributed by atoms with Crippen molar-refractivity contribution >= 4 is 29.0 Å². The Bertz CT molecular complexity index is 947. The number of carbonyl (C=O) groups excluding carboxylic acids is 1. The molecular weight excluding hydrogens is 362 g/mol. The first kappa shape index (κ1) is 18.3. The summed E-state index contributed by atoms with van der Waals surface area (Å²) in [6.45, 7) is 0.434. The number of carbonyl (C=O) groups is 1. The van der Waals surface area contributed by atoms with Crippen LogP contribution in [-0.4, -0.2) is 6.03 Å². The third-order valence-corrected chi connectivity index (χ3v) is 3.95. The number of anilines is 2. The number of ether oxygens (including phenoxy) is 1. The Morgan fingerprint density at radius 1 is 0.889 bits per heavy atom. The maximum absolute atomic E-state index is 12.0. The van der Waals surface area contributed by atoms with E-state index in [0.29, 0.717) is 34.3 Å². The van der Waals surface area contributed by atoms with Crippen LogP contribution in [0.1, 0.15) is 11.1 Å². The molecule has 0 bridgehead atoms. The lowest BCUT2D eigenvalue weighted by atomic mass is 10.2. The van der Waals surface area contributed by atoms with E-state index in [1.165, 1.54) is 0 Å². The topological polar surface area (TPSA) is 74.2 Å². The molecule has 0 atom stereocenters. The Morgan fingerprint density at radius 3 is 2.00 bits per heavy atom. The molecule has 6 heteroatoms. The van der Waals surface area contributed by atoms with Gasteiger partial charge in [0.1, 0.15) is 12.4 Å². The van der Waals surface area contributed by atoms with Crippen LogP contribution in [0.2, 0.25) is 5.02 Å². The van der Waals surface area contributed by atoms with Crippen LogP contribution in [0.3, 0.4) is 0 Å². The molecule has 0 unspecified atom stereocenters. The standard InChI is InChI=1S/C21H16ClN3O2/c22-17-5-1-16(2-6-17)14-27-20-11-9-19(10-12-20)25-21(26)24-18-7-3-15(13-23)4-8-18/h1-12H,14H2,(H2,24,25,26). The van der Waals surface area contributed by atoms with Gasteiger partial charge < -0.3 is 15.4 Å². The average molecular weight is 378 g/mol. The smallest absolute Gasteiger partial charge is 0.323 e. The first-order valence-corrected chi connectivity index (χ1v) is 8.56. The van der Waals surface area contributed by atoms with Crippen LogP contribution in [0.15, 0.2) is 72.8 Å². The van der Waals surface area contributed by atoms with Crippen molar-refractivity contribution in [3.8, 4) is 11.8 Å². The summed E-state index contributed by atoms with van der Waals surface area (Å²) in [5, 5.41) is 14.9. The largest absolute Gasteiger partial charge is 0.489 e. The van der Waals surface area contributed by atoms with Gasteiger partial charge in [-0.15, -0.1) is 0 Å². The van der Waals surface area contributed by atoms with Crippen LogP contribution in [-0.2, 0) is 6.61 Å². The normalized spacial score (nSPS) is 9.93. The zero-order chi connectivity index (χ0) is 19.1. The van der Waals surface area contributed by atoms with Crippen LogP contribution in [0.5, 0.6) is 5.75 Å². The van der Waals surface area contributed by atoms with E-state index in [1.54, 1.807) is 48.5 Å². The van der Waals surface area contributed by atoms with Gasteiger partial charge in [-0.05, 0) is 66.2 Å². The van der Waals surface area contributed by atoms with E-state index < -0.39 is 0 Å². The lowest BCUT2D eigenvalue weighted by molar-refractivity contribution is 0.262. The van der Waals surface area contributed by atoms with Crippen molar-refractivity contribution < 1.29 is 9.53 Å². The Kier molecular flexibility index (Phi) is 5.93. The minimum atomic E-state index is -0.366. The van der Waals surface area contributed by atoms with E-state index in [2.05, 4.69) is 10.6 Å². The van der Waals surface area contributed by atoms with Crippen LogP contribution in [0, 0.1) is 11.3 Å². The zero-order valence-electron chi connectivity index (χ0n) is 14.3. The molecule has 0 heterocycles. The van der Waals surface area contributed by atoms with Gasteiger partial charge in [0.2, 0.25) is 0 Å². The summed E-state index contributed by atoms with van der Waals surface area (Å²) in [7, 11) is 0. The minimum absolute atomic E-state index is 0.366. The van der Waals surface area contributed by atoms with Gasteiger partial charge in [0.25, 0.3) is 0 Å². The van der Waals surface area contributed by atoms with E-state index >= 15 is 0 Å². The molecule has 0 aliphatic carbocycles. The lowest BCUT2D eigenvalue weighted by Gasteiger charge is -2.10. The molecule has 3 aromatic rings. The lowest BCUT2D eigenvalue weighted by Crippen LogP contribution is -2.19. The Labute approximate surface area is 162 Å². The molecule has 134 valence electrons. The molecule has 0 radical (unpaired) electrons. The first-order valence-electron chi connectivity index (χ1n) is 8.18. The van der Waals surface area contributed by atoms with Gasteiger partial charge >= 0.3 is 6.03 Å². The van der Waals surface area contributed by atoms with Crippen molar-refractivity contribution in [1.82, 2.24) is 0 Å². The molecule has 27 heavy (non-hydrogen) atoms. The molecule has 2 amide bonds. The second-order valence-corrected chi connectivity index (χ2v) is 6.14. The number of amides is 2. The minimum Gasteiger partial charge on any atom is -0.489 e. The van der Waals surface area contributed by atoms with E-state index in [-0.39, 0.29) is 6.03 Å². The number of benzene rings is 3. The van der Waals surface area contributed by atoms with Crippen LogP contribution in [0.4, 0.5) is 16.2 Å². The molecule has 0 aromatic heterocycles. The number of halogens is 1. The zero-order valence-corrected chi connectivity index (χ0v) is 15.0. The number of hydrogen-bond donors (Lipinski definition) is 2. The Hall–Kier alpha value is -3.49. The highest BCUT2D eigenvalue weighted by Gasteiger charge is 2.04. The number of urea groups is 1. The second-order valence-electron chi connectivity index (χ2n) is 5.71. The molecule has 0 aliphatic heterocycles. The highest BCUT2D eigenvalue weighted by Crippen LogP contribution is 2.18. The molecule has 0 fully saturated rings. The number of nitriles is 1. The Balaban J connectivity index is 1.51. The monoisotopic (exact) mass is 377 g/mol. The van der Waals surface area contributed by atoms with Crippen molar-refractivity contribution in [3.63, 3.8) is 0 Å². The first-order chi connectivity index (χ1) is 13.1. The highest BCUT2D eigenvalue weighted by atomic mass is 35.5. The van der Waals surface area contributed by atoms with Crippen LogP contribution < -0.4 is 15.4 Å². The van der Waals surface area contributed by atoms with Gasteiger partial charge in [0, 0.05) is 16.4 Å². The van der Waals surface area contributed by atoms with Gasteiger partial charge in [0.05, 0.1) is 11.6 Å². The summed E-state index contributed by atoms with van der Waals surface area (Å²) >= 11 is 5.86. The fourth-order valence-corrected chi connectivity index (χ4v) is 2.43. The number of nitrogens with zero attached hydrogens (tertiary/aromatic N) is 1. The number of rotatable bonds is 5. The van der Waals surface area contributed by atoms with Gasteiger partial charge in [-0.3, -0.25) is 0 Å². The Morgan fingerprint density at radius 2 is 1.44 bits per heavy atom. The van der Waals surface area contributed by atoms with Crippen molar-refractivity contribution in [3.05, 3.63) is 88.9 Å². The van der Waals surface area contributed by atoms with Gasteiger partial charge in [-0.1, -0.05) is 23.7 Å². The molecular formula is C21H16ClN3O2. The van der Waals surface area contributed by atoms with Crippen LogP contribution >= 0.6 is 11.6 Å². The molecule has 2 N–H and O–H groups in total. The summed E-state index contributed by atoms with van der Waals surface area (Å²) in [5.41, 5.74) is 2.80. The number of nitrogens with one attached hydrogen (secondary N) is 2. The highest BCUT2D eigenvalue weighted by molar-refractivity contribution is 6.30.